The van der Waals surface area contributed by atoms with Crippen LogP contribution in [0.2, 0.25) is 5.02 Å². The van der Waals surface area contributed by atoms with Crippen LogP contribution < -0.4 is 4.74 Å². The Morgan fingerprint density at radius 3 is 2.68 bits per heavy atom. The highest BCUT2D eigenvalue weighted by molar-refractivity contribution is 6.33. The molecule has 1 aliphatic carbocycles. The Morgan fingerprint density at radius 1 is 1.08 bits per heavy atom. The maximum absolute atomic E-state index is 13.0. The van der Waals surface area contributed by atoms with Crippen LogP contribution in [0.15, 0.2) is 42.5 Å². The highest BCUT2D eigenvalue weighted by Crippen LogP contribution is 2.45. The van der Waals surface area contributed by atoms with E-state index in [1.807, 2.05) is 49.3 Å². The van der Waals surface area contributed by atoms with E-state index in [1.165, 1.54) is 0 Å². The van der Waals surface area contributed by atoms with Crippen LogP contribution in [0.1, 0.15) is 15.9 Å². The predicted octanol–water partition coefficient (Wildman–Crippen LogP) is 4.04. The number of carbonyl (C=O) groups is 1. The molecule has 1 aromatic heterocycles. The number of para-hydroxylation sites is 1. The minimum Gasteiger partial charge on any atom is -0.476 e. The number of ketones is 1. The molecule has 0 aliphatic heterocycles. The van der Waals surface area contributed by atoms with E-state index < -0.39 is 0 Å². The highest BCUT2D eigenvalue weighted by Gasteiger charge is 2.33. The predicted molar refractivity (Wildman–Crippen MR) is 99.7 cm³/mol. The Hall–Kier alpha value is -2.43. The number of pyridine rings is 1. The quantitative estimate of drug-likeness (QED) is 0.556. The van der Waals surface area contributed by atoms with Crippen molar-refractivity contribution in [3.8, 4) is 17.0 Å². The van der Waals surface area contributed by atoms with E-state index in [1.54, 1.807) is 12.1 Å². The maximum Gasteiger partial charge on any atom is 0.222 e. The highest BCUT2D eigenvalue weighted by atomic mass is 35.5. The molecule has 0 saturated carbocycles. The van der Waals surface area contributed by atoms with Gasteiger partial charge >= 0.3 is 0 Å². The van der Waals surface area contributed by atoms with Gasteiger partial charge in [-0.1, -0.05) is 35.9 Å². The molecular formula is C20H17ClN2O2. The SMILES string of the molecule is CN(C)CCOc1nc2ccccc2c2c1-c1ccc(Cl)cc1C2=O. The summed E-state index contributed by atoms with van der Waals surface area (Å²) >= 11 is 6.10. The Balaban J connectivity index is 1.93. The van der Waals surface area contributed by atoms with Gasteiger partial charge in [-0.05, 0) is 37.9 Å². The van der Waals surface area contributed by atoms with E-state index in [-0.39, 0.29) is 5.78 Å². The van der Waals surface area contributed by atoms with Gasteiger partial charge in [0.25, 0.3) is 0 Å². The molecular weight excluding hydrogens is 336 g/mol. The van der Waals surface area contributed by atoms with Crippen molar-refractivity contribution >= 4 is 28.3 Å². The number of likely N-dealkylation sites (N-methyl/N-ethyl adjacent to an activating group) is 1. The first-order valence-corrected chi connectivity index (χ1v) is 8.49. The number of nitrogens with zero attached hydrogens (tertiary/aromatic N) is 2. The summed E-state index contributed by atoms with van der Waals surface area (Å²) in [6.07, 6.45) is 0. The van der Waals surface area contributed by atoms with Gasteiger partial charge in [-0.25, -0.2) is 4.98 Å². The molecule has 4 nitrogen and oxygen atoms in total. The number of benzene rings is 2. The monoisotopic (exact) mass is 352 g/mol. The maximum atomic E-state index is 13.0. The minimum absolute atomic E-state index is 0.0245. The Labute approximate surface area is 151 Å². The van der Waals surface area contributed by atoms with Gasteiger partial charge in [0.15, 0.2) is 5.78 Å². The fraction of sp³-hybridized carbons (Fsp3) is 0.200. The zero-order valence-corrected chi connectivity index (χ0v) is 14.8. The average Bonchev–Trinajstić information content (AvgIpc) is 2.88. The van der Waals surface area contributed by atoms with Crippen LogP contribution in [0, 0.1) is 0 Å². The van der Waals surface area contributed by atoms with Gasteiger partial charge in [0.2, 0.25) is 5.88 Å². The molecule has 0 amide bonds. The molecule has 0 N–H and O–H groups in total. The first-order valence-electron chi connectivity index (χ1n) is 8.11. The smallest absolute Gasteiger partial charge is 0.222 e. The molecule has 4 rings (SSSR count). The van der Waals surface area contributed by atoms with Gasteiger partial charge in [0.05, 0.1) is 11.1 Å². The minimum atomic E-state index is -0.0245. The van der Waals surface area contributed by atoms with Crippen molar-refractivity contribution in [2.45, 2.75) is 0 Å². The molecule has 25 heavy (non-hydrogen) atoms. The second kappa shape index (κ2) is 6.14. The van der Waals surface area contributed by atoms with Gasteiger partial charge in [-0.15, -0.1) is 0 Å². The summed E-state index contributed by atoms with van der Waals surface area (Å²) in [6, 6.07) is 13.0. The number of hydrogen-bond acceptors (Lipinski definition) is 4. The molecule has 0 unspecified atom stereocenters. The molecule has 0 radical (unpaired) electrons. The number of aromatic nitrogens is 1. The van der Waals surface area contributed by atoms with Crippen LogP contribution in [0.5, 0.6) is 5.88 Å². The van der Waals surface area contributed by atoms with Gasteiger partial charge in [0, 0.05) is 28.1 Å². The van der Waals surface area contributed by atoms with Crippen LogP contribution in [-0.2, 0) is 0 Å². The lowest BCUT2D eigenvalue weighted by Crippen LogP contribution is -2.20. The molecule has 2 aromatic carbocycles. The topological polar surface area (TPSA) is 42.4 Å². The van der Waals surface area contributed by atoms with E-state index in [0.29, 0.717) is 28.6 Å². The zero-order chi connectivity index (χ0) is 17.6. The van der Waals surface area contributed by atoms with Gasteiger partial charge in [-0.2, -0.15) is 0 Å². The first kappa shape index (κ1) is 16.1. The summed E-state index contributed by atoms with van der Waals surface area (Å²) < 4.78 is 5.97. The van der Waals surface area contributed by atoms with Crippen molar-refractivity contribution < 1.29 is 9.53 Å². The zero-order valence-electron chi connectivity index (χ0n) is 14.0. The van der Waals surface area contributed by atoms with Gasteiger partial charge in [0.1, 0.15) is 6.61 Å². The second-order valence-electron chi connectivity index (χ2n) is 6.35. The summed E-state index contributed by atoms with van der Waals surface area (Å²) in [4.78, 5) is 19.8. The largest absolute Gasteiger partial charge is 0.476 e. The van der Waals surface area contributed by atoms with Crippen LogP contribution in [0.25, 0.3) is 22.0 Å². The number of carbonyl (C=O) groups excluding carboxylic acids is 1. The van der Waals surface area contributed by atoms with Crippen LogP contribution in [-0.4, -0.2) is 42.9 Å². The molecule has 0 fully saturated rings. The molecule has 126 valence electrons. The summed E-state index contributed by atoms with van der Waals surface area (Å²) in [6.45, 7) is 1.27. The van der Waals surface area contributed by atoms with Crippen LogP contribution >= 0.6 is 11.6 Å². The second-order valence-corrected chi connectivity index (χ2v) is 6.79. The third-order valence-electron chi connectivity index (χ3n) is 4.36. The van der Waals surface area contributed by atoms with Gasteiger partial charge in [-0.3, -0.25) is 4.79 Å². The summed E-state index contributed by atoms with van der Waals surface area (Å²) in [5.41, 5.74) is 3.63. The van der Waals surface area contributed by atoms with E-state index >= 15 is 0 Å². The Bertz CT molecular complexity index is 998. The molecule has 0 atom stereocenters. The van der Waals surface area contributed by atoms with Crippen molar-refractivity contribution in [3.63, 3.8) is 0 Å². The van der Waals surface area contributed by atoms with Crippen molar-refractivity contribution in [2.75, 3.05) is 27.2 Å². The summed E-state index contributed by atoms with van der Waals surface area (Å²) in [7, 11) is 3.98. The molecule has 1 heterocycles. The van der Waals surface area contributed by atoms with Crippen molar-refractivity contribution in [3.05, 3.63) is 58.6 Å². The summed E-state index contributed by atoms with van der Waals surface area (Å²) in [5, 5.41) is 1.39. The Kier molecular flexibility index (Phi) is 3.94. The van der Waals surface area contributed by atoms with Gasteiger partial charge < -0.3 is 9.64 Å². The molecule has 0 saturated heterocycles. The van der Waals surface area contributed by atoms with E-state index in [4.69, 9.17) is 16.3 Å². The van der Waals surface area contributed by atoms with Crippen molar-refractivity contribution in [2.24, 2.45) is 0 Å². The number of ether oxygens (including phenoxy) is 1. The molecule has 0 spiro atoms. The number of fused-ring (bicyclic) bond motifs is 5. The van der Waals surface area contributed by atoms with E-state index in [0.717, 1.165) is 28.6 Å². The summed E-state index contributed by atoms with van der Waals surface area (Å²) in [5.74, 6) is 0.480. The third-order valence-corrected chi connectivity index (χ3v) is 4.59. The first-order chi connectivity index (χ1) is 12.1. The van der Waals surface area contributed by atoms with E-state index in [9.17, 15) is 4.79 Å². The third kappa shape index (κ3) is 2.68. The lowest BCUT2D eigenvalue weighted by atomic mass is 10.0. The standard InChI is InChI=1S/C20H17ClN2O2/c1-23(2)9-10-25-20-18-13-8-7-12(21)11-15(13)19(24)17(18)14-5-3-4-6-16(14)22-20/h3-8,11H,9-10H2,1-2H3. The lowest BCUT2D eigenvalue weighted by molar-refractivity contribution is 0.104. The van der Waals surface area contributed by atoms with Crippen LogP contribution in [0.4, 0.5) is 0 Å². The number of rotatable bonds is 4. The Morgan fingerprint density at radius 2 is 1.88 bits per heavy atom. The fourth-order valence-corrected chi connectivity index (χ4v) is 3.33. The molecule has 1 aliphatic rings. The van der Waals surface area contributed by atoms with E-state index in [2.05, 4.69) is 4.98 Å². The van der Waals surface area contributed by atoms with Crippen molar-refractivity contribution in [1.29, 1.82) is 0 Å². The van der Waals surface area contributed by atoms with Crippen molar-refractivity contribution in [1.82, 2.24) is 9.88 Å². The average molecular weight is 353 g/mol. The fourth-order valence-electron chi connectivity index (χ4n) is 3.16. The number of hydrogen-bond donors (Lipinski definition) is 0. The van der Waals surface area contributed by atoms with Crippen LogP contribution in [0.3, 0.4) is 0 Å². The molecule has 5 heteroatoms. The molecule has 0 bridgehead atoms. The molecule has 3 aromatic rings. The number of halogens is 1. The lowest BCUT2D eigenvalue weighted by Gasteiger charge is -2.14. The normalized spacial score (nSPS) is 12.6.